The average molecular weight is 283 g/mol. The van der Waals surface area contributed by atoms with Gasteiger partial charge < -0.3 is 0 Å². The summed E-state index contributed by atoms with van der Waals surface area (Å²) < 4.78 is 23.6. The fourth-order valence-electron chi connectivity index (χ4n) is 1.99. The number of sulfone groups is 1. The molecule has 0 atom stereocenters. The summed E-state index contributed by atoms with van der Waals surface area (Å²) in [7, 11) is -2.76. The number of unbranched alkanes of at least 4 members (excludes halogenated alkanes) is 2. The van der Waals surface area contributed by atoms with Gasteiger partial charge >= 0.3 is 0 Å². The van der Waals surface area contributed by atoms with E-state index < -0.39 is 9.84 Å². The Morgan fingerprint density at radius 3 is 2.29 bits per heavy atom. The lowest BCUT2D eigenvalue weighted by molar-refractivity contribution is 0.575. The molecule has 14 heavy (non-hydrogen) atoms. The third-order valence-corrected chi connectivity index (χ3v) is 5.78. The van der Waals surface area contributed by atoms with E-state index in [0.29, 0.717) is 5.75 Å². The fraction of sp³-hybridized carbons (Fsp3) is 1.00. The Bertz CT molecular complexity index is 243. The van der Waals surface area contributed by atoms with Crippen LogP contribution in [0.3, 0.4) is 0 Å². The molecule has 1 fully saturated rings. The second-order valence-electron chi connectivity index (χ2n) is 4.02. The summed E-state index contributed by atoms with van der Waals surface area (Å²) in [5, 5.41) is 0.975. The first-order valence-electron chi connectivity index (χ1n) is 5.44. The van der Waals surface area contributed by atoms with Gasteiger partial charge in [0, 0.05) is 5.33 Å². The van der Waals surface area contributed by atoms with Gasteiger partial charge in [0.15, 0.2) is 9.84 Å². The highest BCUT2D eigenvalue weighted by Crippen LogP contribution is 2.25. The van der Waals surface area contributed by atoms with Gasteiger partial charge in [-0.1, -0.05) is 35.2 Å². The van der Waals surface area contributed by atoms with Gasteiger partial charge in [-0.05, 0) is 25.7 Å². The molecule has 0 heterocycles. The van der Waals surface area contributed by atoms with Crippen molar-refractivity contribution >= 4 is 25.8 Å². The number of hydrogen-bond donors (Lipinski definition) is 0. The lowest BCUT2D eigenvalue weighted by atomic mass is 10.3. The SMILES string of the molecule is O=S(=O)(CCCCCBr)C1CCCC1. The Morgan fingerprint density at radius 1 is 1.07 bits per heavy atom. The number of hydrogen-bond acceptors (Lipinski definition) is 2. The van der Waals surface area contributed by atoms with Crippen LogP contribution in [0, 0.1) is 0 Å². The van der Waals surface area contributed by atoms with Crippen molar-refractivity contribution in [3.63, 3.8) is 0 Å². The lowest BCUT2D eigenvalue weighted by Gasteiger charge is -2.10. The quantitative estimate of drug-likeness (QED) is 0.555. The van der Waals surface area contributed by atoms with Crippen LogP contribution >= 0.6 is 15.9 Å². The van der Waals surface area contributed by atoms with Crippen molar-refractivity contribution in [2.75, 3.05) is 11.1 Å². The van der Waals surface area contributed by atoms with Crippen molar-refractivity contribution in [1.29, 1.82) is 0 Å². The molecular formula is C10H19BrO2S. The first kappa shape index (κ1) is 12.5. The molecule has 0 bridgehead atoms. The molecule has 84 valence electrons. The Morgan fingerprint density at radius 2 is 1.71 bits per heavy atom. The van der Waals surface area contributed by atoms with Crippen molar-refractivity contribution in [2.45, 2.75) is 50.2 Å². The van der Waals surface area contributed by atoms with Gasteiger partial charge in [-0.2, -0.15) is 0 Å². The third-order valence-electron chi connectivity index (χ3n) is 2.87. The first-order chi connectivity index (χ1) is 6.67. The summed E-state index contributed by atoms with van der Waals surface area (Å²) in [5.41, 5.74) is 0. The summed E-state index contributed by atoms with van der Waals surface area (Å²) in [6.45, 7) is 0. The minimum Gasteiger partial charge on any atom is -0.229 e. The van der Waals surface area contributed by atoms with Crippen LogP contribution in [-0.2, 0) is 9.84 Å². The average Bonchev–Trinajstić information content (AvgIpc) is 2.65. The molecule has 0 spiro atoms. The smallest absolute Gasteiger partial charge is 0.153 e. The summed E-state index contributed by atoms with van der Waals surface area (Å²) >= 11 is 3.35. The van der Waals surface area contributed by atoms with Crippen molar-refractivity contribution in [1.82, 2.24) is 0 Å². The van der Waals surface area contributed by atoms with Crippen LogP contribution in [0.2, 0.25) is 0 Å². The Labute approximate surface area is 95.5 Å². The predicted molar refractivity (Wildman–Crippen MR) is 63.7 cm³/mol. The standard InChI is InChI=1S/C10H19BrO2S/c11-8-4-1-5-9-14(12,13)10-6-2-3-7-10/h10H,1-9H2. The highest BCUT2D eigenvalue weighted by atomic mass is 79.9. The molecule has 0 unspecified atom stereocenters. The second-order valence-corrected chi connectivity index (χ2v) is 7.22. The molecule has 4 heteroatoms. The molecule has 1 aliphatic carbocycles. The van der Waals surface area contributed by atoms with Crippen LogP contribution in [-0.4, -0.2) is 24.8 Å². The normalized spacial score (nSPS) is 18.9. The monoisotopic (exact) mass is 282 g/mol. The Balaban J connectivity index is 2.26. The van der Waals surface area contributed by atoms with Gasteiger partial charge in [0.05, 0.1) is 11.0 Å². The minimum atomic E-state index is -2.76. The number of alkyl halides is 1. The van der Waals surface area contributed by atoms with Gasteiger partial charge in [-0.3, -0.25) is 0 Å². The molecule has 0 N–H and O–H groups in total. The molecule has 1 aliphatic rings. The molecule has 0 saturated heterocycles. The van der Waals surface area contributed by atoms with E-state index in [0.717, 1.165) is 50.3 Å². The second kappa shape index (κ2) is 6.11. The van der Waals surface area contributed by atoms with Crippen LogP contribution in [0.5, 0.6) is 0 Å². The van der Waals surface area contributed by atoms with E-state index in [1.54, 1.807) is 0 Å². The van der Waals surface area contributed by atoms with Crippen molar-refractivity contribution < 1.29 is 8.42 Å². The maximum absolute atomic E-state index is 11.8. The van der Waals surface area contributed by atoms with Crippen LogP contribution < -0.4 is 0 Å². The van der Waals surface area contributed by atoms with Gasteiger partial charge in [-0.25, -0.2) is 8.42 Å². The Kier molecular flexibility index (Phi) is 5.45. The Hall–Kier alpha value is 0.430. The fourth-order valence-corrected chi connectivity index (χ4v) is 4.38. The summed E-state index contributed by atoms with van der Waals surface area (Å²) in [5.74, 6) is 0.407. The van der Waals surface area contributed by atoms with Crippen LogP contribution in [0.15, 0.2) is 0 Å². The van der Waals surface area contributed by atoms with E-state index in [2.05, 4.69) is 15.9 Å². The summed E-state index contributed by atoms with van der Waals surface area (Å²) in [4.78, 5) is 0. The number of rotatable bonds is 6. The van der Waals surface area contributed by atoms with Gasteiger partial charge in [0.25, 0.3) is 0 Å². The predicted octanol–water partition coefficient (Wildman–Crippen LogP) is 2.91. The van der Waals surface area contributed by atoms with Gasteiger partial charge in [0.1, 0.15) is 0 Å². The molecule has 0 amide bonds. The highest BCUT2D eigenvalue weighted by Gasteiger charge is 2.27. The zero-order valence-corrected chi connectivity index (χ0v) is 10.9. The molecule has 0 aromatic carbocycles. The van der Waals surface area contributed by atoms with E-state index in [1.165, 1.54) is 0 Å². The van der Waals surface area contributed by atoms with Crippen LogP contribution in [0.4, 0.5) is 0 Å². The zero-order chi connectivity index (χ0) is 10.4. The van der Waals surface area contributed by atoms with Crippen molar-refractivity contribution in [3.05, 3.63) is 0 Å². The maximum atomic E-state index is 11.8. The van der Waals surface area contributed by atoms with Crippen molar-refractivity contribution in [2.24, 2.45) is 0 Å². The van der Waals surface area contributed by atoms with Crippen molar-refractivity contribution in [3.8, 4) is 0 Å². The van der Waals surface area contributed by atoms with Gasteiger partial charge in [-0.15, -0.1) is 0 Å². The molecular weight excluding hydrogens is 264 g/mol. The van der Waals surface area contributed by atoms with E-state index in [1.807, 2.05) is 0 Å². The largest absolute Gasteiger partial charge is 0.229 e. The molecule has 0 aromatic rings. The van der Waals surface area contributed by atoms with Crippen LogP contribution in [0.1, 0.15) is 44.9 Å². The third kappa shape index (κ3) is 3.89. The molecule has 2 nitrogen and oxygen atoms in total. The number of halogens is 1. The summed E-state index contributed by atoms with van der Waals surface area (Å²) in [6.07, 6.45) is 6.96. The zero-order valence-electron chi connectivity index (χ0n) is 8.54. The maximum Gasteiger partial charge on any atom is 0.153 e. The molecule has 0 aliphatic heterocycles. The summed E-state index contributed by atoms with van der Waals surface area (Å²) in [6, 6.07) is 0. The van der Waals surface area contributed by atoms with Gasteiger partial charge in [0.2, 0.25) is 0 Å². The van der Waals surface area contributed by atoms with E-state index in [4.69, 9.17) is 0 Å². The minimum absolute atomic E-state index is 0.00790. The first-order valence-corrected chi connectivity index (χ1v) is 8.28. The molecule has 0 radical (unpaired) electrons. The lowest BCUT2D eigenvalue weighted by Crippen LogP contribution is -2.20. The highest BCUT2D eigenvalue weighted by molar-refractivity contribution is 9.09. The van der Waals surface area contributed by atoms with Crippen LogP contribution in [0.25, 0.3) is 0 Å². The molecule has 0 aromatic heterocycles. The van der Waals surface area contributed by atoms with E-state index in [-0.39, 0.29) is 5.25 Å². The molecule has 1 rings (SSSR count). The molecule has 1 saturated carbocycles. The topological polar surface area (TPSA) is 34.1 Å². The van der Waals surface area contributed by atoms with E-state index in [9.17, 15) is 8.42 Å². The van der Waals surface area contributed by atoms with E-state index >= 15 is 0 Å².